The second-order valence-corrected chi connectivity index (χ2v) is 7.23. The van der Waals surface area contributed by atoms with Crippen molar-refractivity contribution in [2.24, 2.45) is 5.41 Å². The Hall–Kier alpha value is -2.19. The number of aryl methyl sites for hydroxylation is 1. The van der Waals surface area contributed by atoms with Crippen LogP contribution in [-0.2, 0) is 6.54 Å². The number of halogens is 2. The molecule has 0 amide bonds. The zero-order chi connectivity index (χ0) is 18.5. The summed E-state index contributed by atoms with van der Waals surface area (Å²) in [5, 5.41) is 12.6. The van der Waals surface area contributed by atoms with Gasteiger partial charge in [0.15, 0.2) is 11.6 Å². The summed E-state index contributed by atoms with van der Waals surface area (Å²) in [6, 6.07) is 1.14. The van der Waals surface area contributed by atoms with E-state index in [9.17, 15) is 19.1 Å². The van der Waals surface area contributed by atoms with Crippen molar-refractivity contribution in [1.82, 2.24) is 14.9 Å². The number of nitrogens with one attached hydrogen (secondary N) is 1. The summed E-state index contributed by atoms with van der Waals surface area (Å²) in [6.07, 6.45) is 3.34. The number of aromatic nitrogens is 2. The SMILES string of the molecule is CCn1cc(C(=O)O)c(=O)c2cc(F)c(N3CCC4(CCNC4)C3)nc21.Cl. The average Bonchev–Trinajstić information content (AvgIpc) is 3.25. The number of hydrogen-bond acceptors (Lipinski definition) is 5. The molecule has 27 heavy (non-hydrogen) atoms. The Bertz CT molecular complexity index is 956. The third-order valence-corrected chi connectivity index (χ3v) is 5.62. The van der Waals surface area contributed by atoms with Crippen molar-refractivity contribution >= 4 is 35.2 Å². The molecular weight excluding hydrogens is 375 g/mol. The lowest BCUT2D eigenvalue weighted by atomic mass is 9.87. The molecule has 0 aliphatic carbocycles. The van der Waals surface area contributed by atoms with Gasteiger partial charge in [-0.05, 0) is 32.4 Å². The van der Waals surface area contributed by atoms with Gasteiger partial charge in [-0.25, -0.2) is 14.2 Å². The van der Waals surface area contributed by atoms with Gasteiger partial charge in [0, 0.05) is 37.8 Å². The summed E-state index contributed by atoms with van der Waals surface area (Å²) in [6.45, 7) is 5.63. The van der Waals surface area contributed by atoms with Crippen LogP contribution in [0.5, 0.6) is 0 Å². The highest BCUT2D eigenvalue weighted by Crippen LogP contribution is 2.38. The standard InChI is InChI=1S/C18H21FN4O3.ClH/c1-2-22-8-12(17(25)26)14(24)11-7-13(19)16(21-15(11)22)23-6-4-18(10-23)3-5-20-9-18;/h7-8,20H,2-6,9-10H2,1H3,(H,25,26);1H. The molecule has 0 radical (unpaired) electrons. The van der Waals surface area contributed by atoms with Gasteiger partial charge in [0.2, 0.25) is 5.43 Å². The van der Waals surface area contributed by atoms with E-state index in [1.165, 1.54) is 6.20 Å². The zero-order valence-electron chi connectivity index (χ0n) is 15.0. The fourth-order valence-electron chi connectivity index (χ4n) is 4.15. The maximum absolute atomic E-state index is 14.8. The van der Waals surface area contributed by atoms with Crippen molar-refractivity contribution < 1.29 is 14.3 Å². The first-order chi connectivity index (χ1) is 12.4. The van der Waals surface area contributed by atoms with E-state index in [0.29, 0.717) is 12.2 Å². The Morgan fingerprint density at radius 3 is 2.85 bits per heavy atom. The largest absolute Gasteiger partial charge is 0.477 e. The normalized spacial score (nSPS) is 21.8. The highest BCUT2D eigenvalue weighted by Gasteiger charge is 2.41. The van der Waals surface area contributed by atoms with Crippen LogP contribution in [0, 0.1) is 11.2 Å². The number of nitrogens with zero attached hydrogens (tertiary/aromatic N) is 3. The summed E-state index contributed by atoms with van der Waals surface area (Å²) in [5.41, 5.74) is -0.580. The van der Waals surface area contributed by atoms with Crippen LogP contribution < -0.4 is 15.6 Å². The second kappa shape index (κ2) is 7.09. The quantitative estimate of drug-likeness (QED) is 0.823. The number of aromatic carboxylic acids is 1. The van der Waals surface area contributed by atoms with E-state index in [2.05, 4.69) is 10.3 Å². The van der Waals surface area contributed by atoms with Crippen molar-refractivity contribution in [3.63, 3.8) is 0 Å². The van der Waals surface area contributed by atoms with Gasteiger partial charge in [-0.1, -0.05) is 0 Å². The molecule has 146 valence electrons. The van der Waals surface area contributed by atoms with E-state index in [1.807, 2.05) is 11.8 Å². The summed E-state index contributed by atoms with van der Waals surface area (Å²) < 4.78 is 16.4. The number of carboxylic acids is 1. The van der Waals surface area contributed by atoms with E-state index in [1.54, 1.807) is 4.57 Å². The van der Waals surface area contributed by atoms with Gasteiger partial charge in [-0.3, -0.25) is 4.79 Å². The molecule has 1 unspecified atom stereocenters. The molecular formula is C18H22ClFN4O3. The molecule has 0 aromatic carbocycles. The van der Waals surface area contributed by atoms with Crippen molar-refractivity contribution in [2.45, 2.75) is 26.3 Å². The van der Waals surface area contributed by atoms with Gasteiger partial charge in [-0.2, -0.15) is 0 Å². The summed E-state index contributed by atoms with van der Waals surface area (Å²) in [5.74, 6) is -1.66. The average molecular weight is 397 g/mol. The Morgan fingerprint density at radius 2 is 2.22 bits per heavy atom. The highest BCUT2D eigenvalue weighted by atomic mass is 35.5. The number of anilines is 1. The first kappa shape index (κ1) is 19.6. The Kier molecular flexibility index (Phi) is 5.14. The number of fused-ring (bicyclic) bond motifs is 1. The minimum absolute atomic E-state index is 0. The van der Waals surface area contributed by atoms with Crippen molar-refractivity contribution in [3.05, 3.63) is 33.9 Å². The molecule has 2 aromatic rings. The lowest BCUT2D eigenvalue weighted by molar-refractivity contribution is 0.0695. The van der Waals surface area contributed by atoms with E-state index in [4.69, 9.17) is 0 Å². The number of pyridine rings is 2. The summed E-state index contributed by atoms with van der Waals surface area (Å²) in [7, 11) is 0. The minimum atomic E-state index is -1.32. The van der Waals surface area contributed by atoms with Crippen LogP contribution in [0.4, 0.5) is 10.2 Å². The van der Waals surface area contributed by atoms with Crippen molar-refractivity contribution in [3.8, 4) is 0 Å². The van der Waals surface area contributed by atoms with Gasteiger partial charge in [0.25, 0.3) is 0 Å². The number of carbonyl (C=O) groups is 1. The van der Waals surface area contributed by atoms with Gasteiger partial charge < -0.3 is 19.9 Å². The van der Waals surface area contributed by atoms with Crippen LogP contribution in [0.15, 0.2) is 17.1 Å². The van der Waals surface area contributed by atoms with Crippen molar-refractivity contribution in [1.29, 1.82) is 0 Å². The van der Waals surface area contributed by atoms with Crippen LogP contribution in [0.1, 0.15) is 30.1 Å². The van der Waals surface area contributed by atoms with Crippen LogP contribution in [0.2, 0.25) is 0 Å². The van der Waals surface area contributed by atoms with E-state index >= 15 is 0 Å². The Labute approximate surface area is 161 Å². The van der Waals surface area contributed by atoms with Crippen molar-refractivity contribution in [2.75, 3.05) is 31.1 Å². The maximum Gasteiger partial charge on any atom is 0.341 e. The molecule has 2 N–H and O–H groups in total. The number of rotatable bonds is 3. The smallest absolute Gasteiger partial charge is 0.341 e. The number of hydrogen-bond donors (Lipinski definition) is 2. The fourth-order valence-corrected chi connectivity index (χ4v) is 4.15. The van der Waals surface area contributed by atoms with E-state index in [0.717, 1.165) is 45.1 Å². The van der Waals surface area contributed by atoms with Gasteiger partial charge in [0.05, 0.1) is 5.39 Å². The monoisotopic (exact) mass is 396 g/mol. The molecule has 0 bridgehead atoms. The van der Waals surface area contributed by atoms with Crippen LogP contribution in [-0.4, -0.2) is 46.8 Å². The third kappa shape index (κ3) is 3.17. The molecule has 1 spiro atoms. The fraction of sp³-hybridized carbons (Fsp3) is 0.500. The predicted octanol–water partition coefficient (Wildman–Crippen LogP) is 1.87. The third-order valence-electron chi connectivity index (χ3n) is 5.62. The predicted molar refractivity (Wildman–Crippen MR) is 103 cm³/mol. The Balaban J connectivity index is 0.00000210. The van der Waals surface area contributed by atoms with Gasteiger partial charge in [-0.15, -0.1) is 12.4 Å². The van der Waals surface area contributed by atoms with Crippen LogP contribution >= 0.6 is 12.4 Å². The molecule has 2 fully saturated rings. The topological polar surface area (TPSA) is 87.5 Å². The summed E-state index contributed by atoms with van der Waals surface area (Å²) >= 11 is 0. The summed E-state index contributed by atoms with van der Waals surface area (Å²) in [4.78, 5) is 30.1. The molecule has 2 saturated heterocycles. The first-order valence-corrected chi connectivity index (χ1v) is 8.87. The molecule has 0 saturated carbocycles. The molecule has 4 heterocycles. The van der Waals surface area contributed by atoms with E-state index in [-0.39, 0.29) is 34.6 Å². The Morgan fingerprint density at radius 1 is 1.44 bits per heavy atom. The molecule has 2 aliphatic heterocycles. The zero-order valence-corrected chi connectivity index (χ0v) is 15.8. The van der Waals surface area contributed by atoms with Crippen LogP contribution in [0.25, 0.3) is 11.0 Å². The molecule has 1 atom stereocenters. The molecule has 2 aromatic heterocycles. The van der Waals surface area contributed by atoms with Crippen LogP contribution in [0.3, 0.4) is 0 Å². The first-order valence-electron chi connectivity index (χ1n) is 8.87. The molecule has 7 nitrogen and oxygen atoms in total. The maximum atomic E-state index is 14.8. The van der Waals surface area contributed by atoms with Gasteiger partial charge in [0.1, 0.15) is 11.2 Å². The highest BCUT2D eigenvalue weighted by molar-refractivity contribution is 5.92. The molecule has 4 rings (SSSR count). The van der Waals surface area contributed by atoms with Gasteiger partial charge >= 0.3 is 5.97 Å². The lowest BCUT2D eigenvalue weighted by Crippen LogP contribution is -2.30. The minimum Gasteiger partial charge on any atom is -0.477 e. The lowest BCUT2D eigenvalue weighted by Gasteiger charge is -2.24. The second-order valence-electron chi connectivity index (χ2n) is 7.23. The number of carboxylic acid groups (broad SMARTS) is 1. The van der Waals surface area contributed by atoms with E-state index < -0.39 is 17.2 Å². The molecule has 2 aliphatic rings. The molecule has 9 heteroatoms.